The Bertz CT molecular complexity index is 1410. The van der Waals surface area contributed by atoms with Crippen LogP contribution in [0.4, 0.5) is 4.79 Å². The minimum atomic E-state index is -0.898. The lowest BCUT2D eigenvalue weighted by atomic mass is 9.75. The molecule has 5 N–H and O–H groups in total. The van der Waals surface area contributed by atoms with E-state index < -0.39 is 17.6 Å². The Kier molecular flexibility index (Phi) is 5.90. The number of nitrogens with zero attached hydrogens (tertiary/aromatic N) is 1. The maximum Gasteiger partial charge on any atom is 0.407 e. The first-order chi connectivity index (χ1) is 17.3. The van der Waals surface area contributed by atoms with Gasteiger partial charge in [0.15, 0.2) is 0 Å². The number of aliphatic hydroxyl groups is 1. The molecule has 3 aromatic rings. The molecule has 0 saturated carbocycles. The molecule has 2 atom stereocenters. The molecule has 7 nitrogen and oxygen atoms in total. The molecule has 0 bridgehead atoms. The Hall–Kier alpha value is -3.32. The molecule has 0 spiro atoms. The minimum Gasteiger partial charge on any atom is -0.465 e. The fourth-order valence-corrected chi connectivity index (χ4v) is 6.63. The van der Waals surface area contributed by atoms with Crippen LogP contribution in [0.5, 0.6) is 0 Å². The zero-order chi connectivity index (χ0) is 26.9. The third-order valence-electron chi connectivity index (χ3n) is 8.38. The van der Waals surface area contributed by atoms with E-state index in [0.29, 0.717) is 24.9 Å². The Morgan fingerprint density at radius 1 is 1.03 bits per heavy atom. The minimum absolute atomic E-state index is 0.118. The number of amides is 2. The van der Waals surface area contributed by atoms with Crippen LogP contribution in [0.3, 0.4) is 0 Å². The van der Waals surface area contributed by atoms with E-state index in [2.05, 4.69) is 37.9 Å². The number of aromatic nitrogens is 1. The van der Waals surface area contributed by atoms with Gasteiger partial charge in [-0.2, -0.15) is 0 Å². The summed E-state index contributed by atoms with van der Waals surface area (Å²) in [4.78, 5) is 29.6. The van der Waals surface area contributed by atoms with Crippen molar-refractivity contribution in [1.29, 1.82) is 0 Å². The van der Waals surface area contributed by atoms with Crippen molar-refractivity contribution in [3.05, 3.63) is 58.3 Å². The molecular formula is C30H37N3O4. The average molecular weight is 504 g/mol. The van der Waals surface area contributed by atoms with Gasteiger partial charge < -0.3 is 25.8 Å². The largest absolute Gasteiger partial charge is 0.465 e. The van der Waals surface area contributed by atoms with E-state index in [1.54, 1.807) is 11.0 Å². The van der Waals surface area contributed by atoms with Crippen LogP contribution in [-0.2, 0) is 19.3 Å². The number of carbonyl (C=O) groups excluding carboxylic acids is 1. The van der Waals surface area contributed by atoms with E-state index in [-0.39, 0.29) is 17.4 Å². The van der Waals surface area contributed by atoms with Gasteiger partial charge in [-0.1, -0.05) is 45.0 Å². The molecule has 2 aliphatic rings. The topological polar surface area (TPSA) is 120 Å². The normalized spacial score (nSPS) is 20.0. The van der Waals surface area contributed by atoms with Crippen molar-refractivity contribution in [1.82, 2.24) is 9.88 Å². The zero-order valence-corrected chi connectivity index (χ0v) is 22.3. The Morgan fingerprint density at radius 3 is 2.38 bits per heavy atom. The number of hydrogen-bond donors (Lipinski definition) is 4. The van der Waals surface area contributed by atoms with Gasteiger partial charge in [0, 0.05) is 17.6 Å². The smallest absolute Gasteiger partial charge is 0.407 e. The van der Waals surface area contributed by atoms with Crippen molar-refractivity contribution in [3.8, 4) is 11.1 Å². The highest BCUT2D eigenvalue weighted by molar-refractivity contribution is 6.11. The molecule has 196 valence electrons. The summed E-state index contributed by atoms with van der Waals surface area (Å²) >= 11 is 0. The second-order valence-electron chi connectivity index (χ2n) is 12.3. The molecule has 7 heteroatoms. The molecule has 0 fully saturated rings. The molecule has 1 aliphatic carbocycles. The van der Waals surface area contributed by atoms with Crippen LogP contribution in [0.15, 0.2) is 30.3 Å². The van der Waals surface area contributed by atoms with E-state index in [4.69, 9.17) is 5.73 Å². The van der Waals surface area contributed by atoms with Gasteiger partial charge in [-0.3, -0.25) is 4.79 Å². The predicted octanol–water partition coefficient (Wildman–Crippen LogP) is 5.43. The van der Waals surface area contributed by atoms with Crippen LogP contribution in [0, 0.1) is 11.3 Å². The van der Waals surface area contributed by atoms with Crippen molar-refractivity contribution < 1.29 is 19.8 Å². The van der Waals surface area contributed by atoms with Crippen molar-refractivity contribution in [2.24, 2.45) is 17.1 Å². The number of benzene rings is 2. The Labute approximate surface area is 217 Å². The maximum atomic E-state index is 12.4. The number of H-pyrrole nitrogens is 1. The summed E-state index contributed by atoms with van der Waals surface area (Å²) in [6.07, 6.45) is 2.08. The third-order valence-corrected chi connectivity index (χ3v) is 8.38. The Morgan fingerprint density at radius 2 is 1.76 bits per heavy atom. The quantitative estimate of drug-likeness (QED) is 0.381. The molecular weight excluding hydrogens is 466 g/mol. The molecule has 2 heterocycles. The maximum absolute atomic E-state index is 12.4. The number of hydrogen-bond acceptors (Lipinski definition) is 3. The standard InChI is InChI=1S/C30H37N3O4/c1-29(2,3)26-20-8-6-7-17(18(20)13-14-33(26)28(35)36)19-11-12-22(27(31)34)25-24(19)21-10-9-16(30(4,5)37)15-23(21)32-25/h6-8,11-12,16,26,32,37H,9-10,13-15H2,1-5H3,(H2,31,34)(H,35,36). The second-order valence-corrected chi connectivity index (χ2v) is 12.3. The van der Waals surface area contributed by atoms with Crippen LogP contribution in [-0.4, -0.2) is 44.2 Å². The Balaban J connectivity index is 1.74. The zero-order valence-electron chi connectivity index (χ0n) is 22.3. The van der Waals surface area contributed by atoms with Gasteiger partial charge >= 0.3 is 6.09 Å². The molecule has 1 aromatic heterocycles. The highest BCUT2D eigenvalue weighted by Crippen LogP contribution is 2.47. The van der Waals surface area contributed by atoms with E-state index in [1.807, 2.05) is 26.0 Å². The summed E-state index contributed by atoms with van der Waals surface area (Å²) in [5.74, 6) is -0.359. The predicted molar refractivity (Wildman–Crippen MR) is 145 cm³/mol. The van der Waals surface area contributed by atoms with E-state index in [1.165, 1.54) is 5.56 Å². The number of carbonyl (C=O) groups is 2. The lowest BCUT2D eigenvalue weighted by molar-refractivity contribution is 0.0107. The number of nitrogens with one attached hydrogen (secondary N) is 1. The molecule has 37 heavy (non-hydrogen) atoms. The van der Waals surface area contributed by atoms with Gasteiger partial charge in [-0.05, 0) is 84.7 Å². The molecule has 2 amide bonds. The molecule has 2 unspecified atom stereocenters. The molecule has 0 saturated heterocycles. The first kappa shape index (κ1) is 25.3. The van der Waals surface area contributed by atoms with Crippen LogP contribution in [0.2, 0.25) is 0 Å². The van der Waals surface area contributed by atoms with Gasteiger partial charge in [0.05, 0.1) is 22.7 Å². The van der Waals surface area contributed by atoms with Crippen LogP contribution < -0.4 is 5.73 Å². The van der Waals surface area contributed by atoms with Gasteiger partial charge in [0.2, 0.25) is 0 Å². The molecule has 2 aromatic carbocycles. The summed E-state index contributed by atoms with van der Waals surface area (Å²) in [6, 6.07) is 9.69. The second kappa shape index (κ2) is 8.62. The summed E-state index contributed by atoms with van der Waals surface area (Å²) in [5.41, 5.74) is 12.5. The summed E-state index contributed by atoms with van der Waals surface area (Å²) < 4.78 is 0. The summed E-state index contributed by atoms with van der Waals surface area (Å²) in [7, 11) is 0. The van der Waals surface area contributed by atoms with Crippen LogP contribution >= 0.6 is 0 Å². The highest BCUT2D eigenvalue weighted by Gasteiger charge is 2.40. The number of aromatic amines is 1. The SMILES string of the molecule is CC(C)(C)C1c2cccc(-c3ccc(C(N)=O)c4[nH]c5c(c34)CCC(C(C)(C)O)C5)c2CCN1C(=O)O. The highest BCUT2D eigenvalue weighted by atomic mass is 16.4. The first-order valence-corrected chi connectivity index (χ1v) is 13.1. The lowest BCUT2D eigenvalue weighted by Crippen LogP contribution is -2.44. The third kappa shape index (κ3) is 4.19. The molecule has 1 aliphatic heterocycles. The van der Waals surface area contributed by atoms with Gasteiger partial charge in [-0.25, -0.2) is 4.79 Å². The number of rotatable bonds is 3. The van der Waals surface area contributed by atoms with Gasteiger partial charge in [0.25, 0.3) is 5.91 Å². The lowest BCUT2D eigenvalue weighted by Gasteiger charge is -2.43. The molecule has 0 radical (unpaired) electrons. The number of nitrogens with two attached hydrogens (primary N) is 1. The van der Waals surface area contributed by atoms with E-state index >= 15 is 0 Å². The van der Waals surface area contributed by atoms with Crippen molar-refractivity contribution >= 4 is 22.9 Å². The fraction of sp³-hybridized carbons (Fsp3) is 0.467. The van der Waals surface area contributed by atoms with Crippen LogP contribution in [0.25, 0.3) is 22.0 Å². The van der Waals surface area contributed by atoms with Crippen molar-refractivity contribution in [3.63, 3.8) is 0 Å². The average Bonchev–Trinajstić information content (AvgIpc) is 3.19. The monoisotopic (exact) mass is 503 g/mol. The summed E-state index contributed by atoms with van der Waals surface area (Å²) in [6.45, 7) is 10.4. The number of primary amides is 1. The number of fused-ring (bicyclic) bond motifs is 4. The van der Waals surface area contributed by atoms with Gasteiger partial charge in [-0.15, -0.1) is 0 Å². The van der Waals surface area contributed by atoms with Gasteiger partial charge in [0.1, 0.15) is 0 Å². The molecule has 5 rings (SSSR count). The van der Waals surface area contributed by atoms with Crippen LogP contribution in [0.1, 0.15) is 79.8 Å². The number of carboxylic acid groups (broad SMARTS) is 1. The fourth-order valence-electron chi connectivity index (χ4n) is 6.63. The van der Waals surface area contributed by atoms with Crippen molar-refractivity contribution in [2.75, 3.05) is 6.54 Å². The van der Waals surface area contributed by atoms with E-state index in [9.17, 15) is 19.8 Å². The first-order valence-electron chi connectivity index (χ1n) is 13.1. The number of aryl methyl sites for hydroxylation is 1. The van der Waals surface area contributed by atoms with E-state index in [0.717, 1.165) is 51.7 Å². The summed E-state index contributed by atoms with van der Waals surface area (Å²) in [5, 5.41) is 21.6. The van der Waals surface area contributed by atoms with Crippen molar-refractivity contribution in [2.45, 2.75) is 71.9 Å².